The highest BCUT2D eigenvalue weighted by Crippen LogP contribution is 2.21. The number of carbonyl (C=O) groups is 1. The molecule has 1 fully saturated rings. The first-order valence-electron chi connectivity index (χ1n) is 7.70. The SMILES string of the molecule is CC(Cl)C(=O)NCCS(=O)(=O)N1CCN(c2cccc(Cl)c2)CC1. The lowest BCUT2D eigenvalue weighted by molar-refractivity contribution is -0.120. The summed E-state index contributed by atoms with van der Waals surface area (Å²) in [6.45, 7) is 3.63. The van der Waals surface area contributed by atoms with Crippen LogP contribution in [0.5, 0.6) is 0 Å². The highest BCUT2D eigenvalue weighted by molar-refractivity contribution is 7.89. The monoisotopic (exact) mass is 393 g/mol. The molecule has 0 bridgehead atoms. The van der Waals surface area contributed by atoms with Crippen LogP contribution in [0, 0.1) is 0 Å². The van der Waals surface area contributed by atoms with Gasteiger partial charge >= 0.3 is 0 Å². The molecule has 134 valence electrons. The lowest BCUT2D eigenvalue weighted by atomic mass is 10.2. The summed E-state index contributed by atoms with van der Waals surface area (Å²) < 4.78 is 26.1. The van der Waals surface area contributed by atoms with Gasteiger partial charge in [-0.3, -0.25) is 4.79 Å². The van der Waals surface area contributed by atoms with Crippen LogP contribution >= 0.6 is 23.2 Å². The topological polar surface area (TPSA) is 69.7 Å². The summed E-state index contributed by atoms with van der Waals surface area (Å²) >= 11 is 11.6. The van der Waals surface area contributed by atoms with Crippen LogP contribution in [0.25, 0.3) is 0 Å². The Morgan fingerprint density at radius 3 is 2.54 bits per heavy atom. The van der Waals surface area contributed by atoms with Crippen LogP contribution < -0.4 is 10.2 Å². The zero-order chi connectivity index (χ0) is 17.7. The fourth-order valence-electron chi connectivity index (χ4n) is 2.47. The van der Waals surface area contributed by atoms with E-state index in [1.54, 1.807) is 6.92 Å². The Hall–Kier alpha value is -1.02. The third kappa shape index (κ3) is 5.24. The van der Waals surface area contributed by atoms with Gasteiger partial charge in [0.1, 0.15) is 5.38 Å². The Kier molecular flexibility index (Phi) is 6.74. The van der Waals surface area contributed by atoms with Crippen LogP contribution in [0.15, 0.2) is 24.3 Å². The van der Waals surface area contributed by atoms with Crippen LogP contribution in [-0.2, 0) is 14.8 Å². The lowest BCUT2D eigenvalue weighted by Gasteiger charge is -2.35. The number of rotatable bonds is 6. The molecule has 0 radical (unpaired) electrons. The molecule has 1 atom stereocenters. The normalized spacial score (nSPS) is 17.5. The smallest absolute Gasteiger partial charge is 0.237 e. The van der Waals surface area contributed by atoms with E-state index >= 15 is 0 Å². The number of piperazine rings is 1. The minimum atomic E-state index is -3.40. The number of alkyl halides is 1. The van der Waals surface area contributed by atoms with Gasteiger partial charge in [-0.05, 0) is 25.1 Å². The Morgan fingerprint density at radius 2 is 1.96 bits per heavy atom. The first kappa shape index (κ1) is 19.3. The van der Waals surface area contributed by atoms with E-state index in [-0.39, 0.29) is 18.2 Å². The summed E-state index contributed by atoms with van der Waals surface area (Å²) in [5.74, 6) is -0.489. The number of benzene rings is 1. The van der Waals surface area contributed by atoms with Crippen molar-refractivity contribution in [1.82, 2.24) is 9.62 Å². The minimum Gasteiger partial charge on any atom is -0.369 e. The molecular formula is C15H21Cl2N3O3S. The number of sulfonamides is 1. The zero-order valence-corrected chi connectivity index (χ0v) is 15.7. The molecule has 6 nitrogen and oxygen atoms in total. The summed E-state index contributed by atoms with van der Waals surface area (Å²) in [5, 5.41) is 2.50. The fraction of sp³-hybridized carbons (Fsp3) is 0.533. The lowest BCUT2D eigenvalue weighted by Crippen LogP contribution is -2.50. The second-order valence-electron chi connectivity index (χ2n) is 5.59. The molecule has 0 saturated carbocycles. The molecule has 1 aromatic carbocycles. The molecule has 1 heterocycles. The van der Waals surface area contributed by atoms with E-state index in [1.165, 1.54) is 4.31 Å². The molecule has 1 amide bonds. The van der Waals surface area contributed by atoms with Gasteiger partial charge in [-0.2, -0.15) is 4.31 Å². The van der Waals surface area contributed by atoms with Crippen LogP contribution in [0.4, 0.5) is 5.69 Å². The van der Waals surface area contributed by atoms with E-state index in [0.29, 0.717) is 31.2 Å². The summed E-state index contributed by atoms with van der Waals surface area (Å²) in [6, 6.07) is 7.51. The number of nitrogens with one attached hydrogen (secondary N) is 1. The molecular weight excluding hydrogens is 373 g/mol. The maximum atomic E-state index is 12.3. The largest absolute Gasteiger partial charge is 0.369 e. The highest BCUT2D eigenvalue weighted by Gasteiger charge is 2.27. The van der Waals surface area contributed by atoms with E-state index in [2.05, 4.69) is 10.2 Å². The Balaban J connectivity index is 1.85. The third-order valence-corrected chi connectivity index (χ3v) is 6.13. The van der Waals surface area contributed by atoms with Crippen LogP contribution in [0.1, 0.15) is 6.92 Å². The van der Waals surface area contributed by atoms with Gasteiger partial charge in [0.15, 0.2) is 0 Å². The molecule has 1 aliphatic rings. The fourth-order valence-corrected chi connectivity index (χ4v) is 4.07. The number of halogens is 2. The van der Waals surface area contributed by atoms with Gasteiger partial charge in [0.05, 0.1) is 5.75 Å². The van der Waals surface area contributed by atoms with Crippen molar-refractivity contribution in [3.05, 3.63) is 29.3 Å². The maximum Gasteiger partial charge on any atom is 0.237 e. The van der Waals surface area contributed by atoms with Crippen LogP contribution in [0.3, 0.4) is 0 Å². The molecule has 2 rings (SSSR count). The second-order valence-corrected chi connectivity index (χ2v) is 8.77. The molecule has 1 aliphatic heterocycles. The third-order valence-electron chi connectivity index (χ3n) is 3.83. The molecule has 0 aromatic heterocycles. The van der Waals surface area contributed by atoms with E-state index in [9.17, 15) is 13.2 Å². The van der Waals surface area contributed by atoms with E-state index < -0.39 is 15.4 Å². The Morgan fingerprint density at radius 1 is 1.29 bits per heavy atom. The zero-order valence-electron chi connectivity index (χ0n) is 13.4. The van der Waals surface area contributed by atoms with Crippen molar-refractivity contribution in [2.75, 3.05) is 43.4 Å². The number of amides is 1. The van der Waals surface area contributed by atoms with Gasteiger partial charge in [0, 0.05) is 43.4 Å². The van der Waals surface area contributed by atoms with Crippen molar-refractivity contribution in [3.63, 3.8) is 0 Å². The average molecular weight is 394 g/mol. The summed E-state index contributed by atoms with van der Waals surface area (Å²) in [4.78, 5) is 13.5. The molecule has 1 unspecified atom stereocenters. The van der Waals surface area contributed by atoms with Crippen LogP contribution in [-0.4, -0.2) is 62.5 Å². The molecule has 1 aromatic rings. The van der Waals surface area contributed by atoms with Gasteiger partial charge in [-0.15, -0.1) is 11.6 Å². The van der Waals surface area contributed by atoms with Gasteiger partial charge in [0.25, 0.3) is 0 Å². The summed E-state index contributed by atoms with van der Waals surface area (Å²) in [6.07, 6.45) is 0. The maximum absolute atomic E-state index is 12.3. The number of hydrogen-bond donors (Lipinski definition) is 1. The van der Waals surface area contributed by atoms with E-state index in [4.69, 9.17) is 23.2 Å². The molecule has 24 heavy (non-hydrogen) atoms. The number of carbonyl (C=O) groups excluding carboxylic acids is 1. The van der Waals surface area contributed by atoms with Crippen molar-refractivity contribution in [3.8, 4) is 0 Å². The van der Waals surface area contributed by atoms with Gasteiger partial charge < -0.3 is 10.2 Å². The van der Waals surface area contributed by atoms with Crippen LogP contribution in [0.2, 0.25) is 5.02 Å². The molecule has 0 spiro atoms. The van der Waals surface area contributed by atoms with Crippen molar-refractivity contribution < 1.29 is 13.2 Å². The predicted octanol–water partition coefficient (Wildman–Crippen LogP) is 1.54. The van der Waals surface area contributed by atoms with E-state index in [0.717, 1.165) is 5.69 Å². The minimum absolute atomic E-state index is 0.0622. The van der Waals surface area contributed by atoms with Crippen molar-refractivity contribution >= 4 is 44.8 Å². The van der Waals surface area contributed by atoms with E-state index in [1.807, 2.05) is 24.3 Å². The Labute approximate surface area is 152 Å². The van der Waals surface area contributed by atoms with Gasteiger partial charge in [-0.25, -0.2) is 8.42 Å². The molecule has 1 saturated heterocycles. The second kappa shape index (κ2) is 8.38. The number of nitrogens with zero attached hydrogens (tertiary/aromatic N) is 2. The molecule has 9 heteroatoms. The first-order chi connectivity index (χ1) is 11.3. The summed E-state index contributed by atoms with van der Waals surface area (Å²) in [5.41, 5.74) is 0.989. The highest BCUT2D eigenvalue weighted by atomic mass is 35.5. The molecule has 1 N–H and O–H groups in total. The number of anilines is 1. The van der Waals surface area contributed by atoms with Gasteiger partial charge in [0.2, 0.25) is 15.9 Å². The predicted molar refractivity (Wildman–Crippen MR) is 97.3 cm³/mol. The Bertz CT molecular complexity index is 674. The van der Waals surface area contributed by atoms with Crippen molar-refractivity contribution in [2.45, 2.75) is 12.3 Å². The van der Waals surface area contributed by atoms with Gasteiger partial charge in [-0.1, -0.05) is 17.7 Å². The first-order valence-corrected chi connectivity index (χ1v) is 10.1. The average Bonchev–Trinajstić information content (AvgIpc) is 2.54. The molecule has 0 aliphatic carbocycles. The standard InChI is InChI=1S/C15H21Cl2N3O3S/c1-12(16)15(21)18-5-10-24(22,23)20-8-6-19(7-9-20)14-4-2-3-13(17)11-14/h2-4,11-12H,5-10H2,1H3,(H,18,21). The quantitative estimate of drug-likeness (QED) is 0.744. The van der Waals surface area contributed by atoms with Crippen molar-refractivity contribution in [1.29, 1.82) is 0 Å². The number of hydrogen-bond acceptors (Lipinski definition) is 4. The summed E-state index contributed by atoms with van der Waals surface area (Å²) in [7, 11) is -3.40. The van der Waals surface area contributed by atoms with Crippen molar-refractivity contribution in [2.24, 2.45) is 0 Å².